The third-order valence-electron chi connectivity index (χ3n) is 3.88. The van der Waals surface area contributed by atoms with Crippen LogP contribution in [0, 0.1) is 5.82 Å². The van der Waals surface area contributed by atoms with E-state index in [2.05, 4.69) is 10.5 Å². The minimum Gasteiger partial charge on any atom is -0.494 e. The van der Waals surface area contributed by atoms with Crippen LogP contribution in [0.15, 0.2) is 22.7 Å². The van der Waals surface area contributed by atoms with Crippen molar-refractivity contribution >= 4 is 11.8 Å². The number of aromatic nitrogens is 1. The lowest BCUT2D eigenvalue weighted by molar-refractivity contribution is 0.0698. The third-order valence-corrected chi connectivity index (χ3v) is 3.88. The highest BCUT2D eigenvalue weighted by Crippen LogP contribution is 2.33. The number of hydrogen-bond acceptors (Lipinski definition) is 6. The molecule has 0 amide bonds. The molecule has 0 atom stereocenters. The van der Waals surface area contributed by atoms with Crippen LogP contribution < -0.4 is 10.1 Å². The number of aromatic carboxylic acids is 1. The molecule has 0 bridgehead atoms. The molecule has 1 aliphatic rings. The van der Waals surface area contributed by atoms with E-state index in [0.717, 1.165) is 12.8 Å². The topological polar surface area (TPSA) is 93.8 Å². The van der Waals surface area contributed by atoms with E-state index in [0.29, 0.717) is 18.8 Å². The van der Waals surface area contributed by atoms with Gasteiger partial charge in [0, 0.05) is 24.8 Å². The molecule has 1 fully saturated rings. The first kappa shape index (κ1) is 16.3. The Balaban J connectivity index is 1.95. The molecule has 0 aliphatic carbocycles. The number of nitrogens with zero attached hydrogens (tertiary/aromatic N) is 1. The molecule has 0 saturated carbocycles. The van der Waals surface area contributed by atoms with E-state index in [-0.39, 0.29) is 28.9 Å². The Bertz CT molecular complexity index is 740. The molecule has 128 valence electrons. The van der Waals surface area contributed by atoms with Crippen LogP contribution in [0.25, 0.3) is 11.3 Å². The predicted octanol–water partition coefficient (Wildman–Crippen LogP) is 2.78. The number of halogens is 1. The SMILES string of the molecule is COc1cc(-c2onc(NC3CCOCC3)c2C(=O)O)ccc1F. The minimum absolute atomic E-state index is 0.000762. The van der Waals surface area contributed by atoms with Gasteiger partial charge in [0.1, 0.15) is 0 Å². The summed E-state index contributed by atoms with van der Waals surface area (Å²) in [6.45, 7) is 1.22. The van der Waals surface area contributed by atoms with E-state index in [1.807, 2.05) is 0 Å². The first-order valence-electron chi connectivity index (χ1n) is 7.51. The second-order valence-electron chi connectivity index (χ2n) is 5.42. The van der Waals surface area contributed by atoms with Gasteiger partial charge in [0.2, 0.25) is 0 Å². The lowest BCUT2D eigenvalue weighted by atomic mass is 10.1. The van der Waals surface area contributed by atoms with Crippen molar-refractivity contribution in [2.45, 2.75) is 18.9 Å². The number of hydrogen-bond donors (Lipinski definition) is 2. The van der Waals surface area contributed by atoms with Crippen molar-refractivity contribution in [2.24, 2.45) is 0 Å². The van der Waals surface area contributed by atoms with Gasteiger partial charge < -0.3 is 24.4 Å². The molecular weight excluding hydrogens is 319 g/mol. The number of nitrogens with one attached hydrogen (secondary N) is 1. The molecule has 8 heteroatoms. The summed E-state index contributed by atoms with van der Waals surface area (Å²) in [5.41, 5.74) is 0.285. The fourth-order valence-corrected chi connectivity index (χ4v) is 2.62. The summed E-state index contributed by atoms with van der Waals surface area (Å²) in [5, 5.41) is 16.5. The van der Waals surface area contributed by atoms with Crippen LogP contribution in [-0.4, -0.2) is 42.6 Å². The Morgan fingerprint density at radius 2 is 2.17 bits per heavy atom. The Hall–Kier alpha value is -2.61. The lowest BCUT2D eigenvalue weighted by Crippen LogP contribution is -2.28. The summed E-state index contributed by atoms with van der Waals surface area (Å²) in [6, 6.07) is 4.05. The maximum atomic E-state index is 13.5. The monoisotopic (exact) mass is 336 g/mol. The van der Waals surface area contributed by atoms with Gasteiger partial charge in [-0.1, -0.05) is 5.16 Å². The maximum absolute atomic E-state index is 13.5. The van der Waals surface area contributed by atoms with Gasteiger partial charge in [-0.25, -0.2) is 9.18 Å². The van der Waals surface area contributed by atoms with Crippen molar-refractivity contribution < 1.29 is 28.3 Å². The predicted molar refractivity (Wildman–Crippen MR) is 82.9 cm³/mol. The molecule has 3 rings (SSSR count). The fraction of sp³-hybridized carbons (Fsp3) is 0.375. The second kappa shape index (κ2) is 6.88. The first-order chi connectivity index (χ1) is 11.6. The standard InChI is InChI=1S/C16H17FN2O5/c1-22-12-8-9(2-3-11(12)17)14-13(16(20)21)15(19-24-14)18-10-4-6-23-7-5-10/h2-3,8,10H,4-7H2,1H3,(H,18,19)(H,20,21). The molecule has 1 aliphatic heterocycles. The zero-order chi connectivity index (χ0) is 17.1. The van der Waals surface area contributed by atoms with Crippen LogP contribution in [0.3, 0.4) is 0 Å². The van der Waals surface area contributed by atoms with Gasteiger partial charge >= 0.3 is 5.97 Å². The summed E-state index contributed by atoms with van der Waals surface area (Å²) >= 11 is 0. The van der Waals surface area contributed by atoms with Gasteiger partial charge in [-0.2, -0.15) is 0 Å². The first-order valence-corrected chi connectivity index (χ1v) is 7.51. The van der Waals surface area contributed by atoms with Crippen LogP contribution in [0.4, 0.5) is 10.2 Å². The molecular formula is C16H17FN2O5. The molecule has 7 nitrogen and oxygen atoms in total. The molecule has 2 aromatic rings. The summed E-state index contributed by atoms with van der Waals surface area (Å²) in [6.07, 6.45) is 1.51. The zero-order valence-corrected chi connectivity index (χ0v) is 13.0. The zero-order valence-electron chi connectivity index (χ0n) is 13.0. The number of rotatable bonds is 5. The van der Waals surface area contributed by atoms with Gasteiger partial charge in [0.05, 0.1) is 7.11 Å². The van der Waals surface area contributed by atoms with Crippen molar-refractivity contribution in [1.29, 1.82) is 0 Å². The second-order valence-corrected chi connectivity index (χ2v) is 5.42. The number of carboxylic acids is 1. The summed E-state index contributed by atoms with van der Waals surface area (Å²) in [4.78, 5) is 11.7. The highest BCUT2D eigenvalue weighted by Gasteiger charge is 2.26. The van der Waals surface area contributed by atoms with Crippen LogP contribution in [0.5, 0.6) is 5.75 Å². The summed E-state index contributed by atoms with van der Waals surface area (Å²) < 4.78 is 29.0. The highest BCUT2D eigenvalue weighted by atomic mass is 19.1. The number of carbonyl (C=O) groups is 1. The largest absolute Gasteiger partial charge is 0.494 e. The molecule has 1 aromatic carbocycles. The molecule has 2 heterocycles. The lowest BCUT2D eigenvalue weighted by Gasteiger charge is -2.22. The quantitative estimate of drug-likeness (QED) is 0.867. The number of methoxy groups -OCH3 is 1. The Labute approximate surface area is 137 Å². The molecule has 0 spiro atoms. The van der Waals surface area contributed by atoms with Crippen molar-refractivity contribution in [2.75, 3.05) is 25.6 Å². The molecule has 1 saturated heterocycles. The smallest absolute Gasteiger partial charge is 0.343 e. The number of benzene rings is 1. The Kier molecular flexibility index (Phi) is 4.66. The fourth-order valence-electron chi connectivity index (χ4n) is 2.62. The van der Waals surface area contributed by atoms with E-state index >= 15 is 0 Å². The minimum atomic E-state index is -1.18. The average molecular weight is 336 g/mol. The van der Waals surface area contributed by atoms with Gasteiger partial charge in [-0.05, 0) is 31.0 Å². The molecule has 0 radical (unpaired) electrons. The van der Waals surface area contributed by atoms with Gasteiger partial charge in [0.25, 0.3) is 0 Å². The third kappa shape index (κ3) is 3.18. The normalized spacial score (nSPS) is 15.2. The van der Waals surface area contributed by atoms with Crippen LogP contribution >= 0.6 is 0 Å². The van der Waals surface area contributed by atoms with Crippen molar-refractivity contribution in [3.63, 3.8) is 0 Å². The Morgan fingerprint density at radius 3 is 2.83 bits per heavy atom. The van der Waals surface area contributed by atoms with Crippen molar-refractivity contribution in [3.05, 3.63) is 29.6 Å². The molecule has 0 unspecified atom stereocenters. The van der Waals surface area contributed by atoms with Gasteiger partial charge in [-0.3, -0.25) is 0 Å². The average Bonchev–Trinajstić information content (AvgIpc) is 3.00. The van der Waals surface area contributed by atoms with Crippen LogP contribution in [-0.2, 0) is 4.74 Å². The van der Waals surface area contributed by atoms with Crippen LogP contribution in [0.1, 0.15) is 23.2 Å². The van der Waals surface area contributed by atoms with Crippen molar-refractivity contribution in [3.8, 4) is 17.1 Å². The summed E-state index contributed by atoms with van der Waals surface area (Å²) in [7, 11) is 1.33. The van der Waals surface area contributed by atoms with E-state index in [1.54, 1.807) is 0 Å². The van der Waals surface area contributed by atoms with Crippen LogP contribution in [0.2, 0.25) is 0 Å². The van der Waals surface area contributed by atoms with Gasteiger partial charge in [0.15, 0.2) is 28.7 Å². The van der Waals surface area contributed by atoms with E-state index in [9.17, 15) is 14.3 Å². The van der Waals surface area contributed by atoms with E-state index in [1.165, 1.54) is 25.3 Å². The summed E-state index contributed by atoms with van der Waals surface area (Å²) in [5.74, 6) is -1.51. The van der Waals surface area contributed by atoms with E-state index in [4.69, 9.17) is 14.0 Å². The Morgan fingerprint density at radius 1 is 1.42 bits per heavy atom. The highest BCUT2D eigenvalue weighted by molar-refractivity contribution is 5.99. The van der Waals surface area contributed by atoms with E-state index < -0.39 is 11.8 Å². The maximum Gasteiger partial charge on any atom is 0.343 e. The van der Waals surface area contributed by atoms with Gasteiger partial charge in [-0.15, -0.1) is 0 Å². The molecule has 1 aromatic heterocycles. The number of carboxylic acid groups (broad SMARTS) is 1. The molecule has 24 heavy (non-hydrogen) atoms. The van der Waals surface area contributed by atoms with Crippen molar-refractivity contribution in [1.82, 2.24) is 5.16 Å². The number of anilines is 1. The molecule has 2 N–H and O–H groups in total. The number of ether oxygens (including phenoxy) is 2.